The summed E-state index contributed by atoms with van der Waals surface area (Å²) in [6.07, 6.45) is 8.49. The van der Waals surface area contributed by atoms with Crippen LogP contribution in [0, 0.1) is 6.92 Å². The van der Waals surface area contributed by atoms with Crippen molar-refractivity contribution in [3.8, 4) is 0 Å². The van der Waals surface area contributed by atoms with Crippen molar-refractivity contribution in [2.24, 2.45) is 0 Å². The summed E-state index contributed by atoms with van der Waals surface area (Å²) < 4.78 is 7.66. The summed E-state index contributed by atoms with van der Waals surface area (Å²) in [5, 5.41) is 3.38. The Bertz CT molecular complexity index is 1010. The van der Waals surface area contributed by atoms with Crippen LogP contribution in [0.25, 0.3) is 5.65 Å². The van der Waals surface area contributed by atoms with Crippen molar-refractivity contribution in [1.82, 2.24) is 9.38 Å². The Kier molecular flexibility index (Phi) is 5.72. The van der Waals surface area contributed by atoms with Crippen LogP contribution in [-0.2, 0) is 17.9 Å². The molecule has 1 aliphatic rings. The molecular weight excluding hydrogens is 350 g/mol. The molecule has 0 bridgehead atoms. The largest absolute Gasteiger partial charge is 0.379 e. The molecule has 1 fully saturated rings. The van der Waals surface area contributed by atoms with Crippen molar-refractivity contribution in [3.05, 3.63) is 75.8 Å². The predicted octanol–water partition coefficient (Wildman–Crippen LogP) is 4.46. The van der Waals surface area contributed by atoms with Crippen molar-refractivity contribution in [1.29, 1.82) is 0 Å². The molecule has 1 N–H and O–H groups in total. The van der Waals surface area contributed by atoms with E-state index in [1.807, 2.05) is 37.4 Å². The molecule has 5 nitrogen and oxygen atoms in total. The van der Waals surface area contributed by atoms with E-state index in [9.17, 15) is 4.79 Å². The number of hydrogen-bond acceptors (Lipinski definition) is 4. The van der Waals surface area contributed by atoms with Crippen LogP contribution in [0.3, 0.4) is 0 Å². The molecule has 4 rings (SSSR count). The van der Waals surface area contributed by atoms with E-state index < -0.39 is 0 Å². The van der Waals surface area contributed by atoms with Crippen LogP contribution < -0.4 is 10.9 Å². The summed E-state index contributed by atoms with van der Waals surface area (Å²) in [6.45, 7) is 3.12. The smallest absolute Gasteiger partial charge is 0.258 e. The topological polar surface area (TPSA) is 55.6 Å². The molecule has 0 saturated heterocycles. The summed E-state index contributed by atoms with van der Waals surface area (Å²) in [5.41, 5.74) is 4.56. The van der Waals surface area contributed by atoms with E-state index in [0.717, 1.165) is 22.5 Å². The first-order chi connectivity index (χ1) is 13.7. The summed E-state index contributed by atoms with van der Waals surface area (Å²) in [6, 6.07) is 13.7. The molecule has 2 aromatic heterocycles. The van der Waals surface area contributed by atoms with Gasteiger partial charge in [-0.25, -0.2) is 4.98 Å². The van der Waals surface area contributed by atoms with E-state index in [4.69, 9.17) is 4.74 Å². The number of pyridine rings is 1. The average Bonchev–Trinajstić information content (AvgIpc) is 2.72. The number of aryl methyl sites for hydroxylation is 1. The van der Waals surface area contributed by atoms with Crippen molar-refractivity contribution in [2.45, 2.75) is 58.3 Å². The quantitative estimate of drug-likeness (QED) is 0.689. The Morgan fingerprint density at radius 1 is 1.14 bits per heavy atom. The summed E-state index contributed by atoms with van der Waals surface area (Å²) in [5.74, 6) is 0. The van der Waals surface area contributed by atoms with E-state index in [0.29, 0.717) is 24.9 Å². The Labute approximate surface area is 165 Å². The highest BCUT2D eigenvalue weighted by atomic mass is 16.5. The molecule has 0 spiro atoms. The number of rotatable bonds is 6. The number of ether oxygens (including phenoxy) is 1. The van der Waals surface area contributed by atoms with Crippen LogP contribution >= 0.6 is 0 Å². The van der Waals surface area contributed by atoms with Gasteiger partial charge < -0.3 is 10.1 Å². The number of hydrogen-bond donors (Lipinski definition) is 1. The lowest BCUT2D eigenvalue weighted by atomic mass is 9.98. The first kappa shape index (κ1) is 18.7. The highest BCUT2D eigenvalue weighted by molar-refractivity contribution is 5.46. The fourth-order valence-corrected chi connectivity index (χ4v) is 3.76. The SMILES string of the molecule is Cc1ccc2nc(CNc3cccc(COC4CCCCC4)c3)cc(=O)n2c1. The van der Waals surface area contributed by atoms with Gasteiger partial charge in [0, 0.05) is 18.0 Å². The van der Waals surface area contributed by atoms with Gasteiger partial charge in [0.1, 0.15) is 5.65 Å². The molecule has 3 aromatic rings. The number of nitrogens with one attached hydrogen (secondary N) is 1. The Balaban J connectivity index is 1.40. The average molecular weight is 377 g/mol. The molecule has 0 unspecified atom stereocenters. The van der Waals surface area contributed by atoms with Gasteiger partial charge in [-0.1, -0.05) is 37.5 Å². The van der Waals surface area contributed by atoms with Gasteiger partial charge in [-0.05, 0) is 49.1 Å². The molecule has 0 amide bonds. The van der Waals surface area contributed by atoms with Gasteiger partial charge in [0.25, 0.3) is 5.56 Å². The molecule has 1 saturated carbocycles. The minimum atomic E-state index is -0.0554. The maximum atomic E-state index is 12.3. The second kappa shape index (κ2) is 8.57. The lowest BCUT2D eigenvalue weighted by Crippen LogP contribution is -2.17. The zero-order chi connectivity index (χ0) is 19.3. The Morgan fingerprint density at radius 2 is 2.00 bits per heavy atom. The molecule has 5 heteroatoms. The van der Waals surface area contributed by atoms with E-state index in [2.05, 4.69) is 22.4 Å². The van der Waals surface area contributed by atoms with Crippen LogP contribution in [-0.4, -0.2) is 15.5 Å². The number of anilines is 1. The third-order valence-corrected chi connectivity index (χ3v) is 5.30. The first-order valence-electron chi connectivity index (χ1n) is 10.1. The lowest BCUT2D eigenvalue weighted by molar-refractivity contribution is 0.0169. The van der Waals surface area contributed by atoms with Gasteiger partial charge in [0.2, 0.25) is 0 Å². The standard InChI is InChI=1S/C23H27N3O2/c1-17-10-11-22-25-20(13-23(27)26(22)15-17)14-24-19-7-5-6-18(12-19)16-28-21-8-3-2-4-9-21/h5-7,10-13,15,21,24H,2-4,8-9,14,16H2,1H3. The van der Waals surface area contributed by atoms with E-state index in [-0.39, 0.29) is 5.56 Å². The van der Waals surface area contributed by atoms with Gasteiger partial charge in [-0.2, -0.15) is 0 Å². The minimum Gasteiger partial charge on any atom is -0.379 e. The molecule has 146 valence electrons. The van der Waals surface area contributed by atoms with Gasteiger partial charge in [-0.3, -0.25) is 9.20 Å². The van der Waals surface area contributed by atoms with Gasteiger partial charge in [0.05, 0.1) is 24.9 Å². The maximum Gasteiger partial charge on any atom is 0.258 e. The van der Waals surface area contributed by atoms with Crippen molar-refractivity contribution in [2.75, 3.05) is 5.32 Å². The fraction of sp³-hybridized carbons (Fsp3) is 0.391. The van der Waals surface area contributed by atoms with Crippen LogP contribution in [0.4, 0.5) is 5.69 Å². The van der Waals surface area contributed by atoms with Crippen LogP contribution in [0.1, 0.15) is 48.9 Å². The second-order valence-electron chi connectivity index (χ2n) is 7.65. The molecule has 1 aliphatic carbocycles. The molecule has 0 atom stereocenters. The Morgan fingerprint density at radius 3 is 2.86 bits per heavy atom. The van der Waals surface area contributed by atoms with Crippen molar-refractivity contribution in [3.63, 3.8) is 0 Å². The summed E-state index contributed by atoms with van der Waals surface area (Å²) in [4.78, 5) is 16.9. The number of benzene rings is 1. The third-order valence-electron chi connectivity index (χ3n) is 5.30. The van der Waals surface area contributed by atoms with E-state index in [1.54, 1.807) is 10.5 Å². The lowest BCUT2D eigenvalue weighted by Gasteiger charge is -2.22. The number of nitrogens with zero attached hydrogens (tertiary/aromatic N) is 2. The first-order valence-corrected chi connectivity index (χ1v) is 10.1. The molecule has 2 heterocycles. The van der Waals surface area contributed by atoms with Crippen LogP contribution in [0.2, 0.25) is 0 Å². The van der Waals surface area contributed by atoms with E-state index >= 15 is 0 Å². The molecule has 0 aliphatic heterocycles. The maximum absolute atomic E-state index is 12.3. The summed E-state index contributed by atoms with van der Waals surface area (Å²) >= 11 is 0. The van der Waals surface area contributed by atoms with Crippen LogP contribution in [0.15, 0.2) is 53.5 Å². The van der Waals surface area contributed by atoms with Crippen LogP contribution in [0.5, 0.6) is 0 Å². The van der Waals surface area contributed by atoms with Gasteiger partial charge in [-0.15, -0.1) is 0 Å². The van der Waals surface area contributed by atoms with Gasteiger partial charge >= 0.3 is 0 Å². The zero-order valence-corrected chi connectivity index (χ0v) is 16.4. The monoisotopic (exact) mass is 377 g/mol. The zero-order valence-electron chi connectivity index (χ0n) is 16.4. The molecule has 28 heavy (non-hydrogen) atoms. The van der Waals surface area contributed by atoms with E-state index in [1.165, 1.54) is 32.1 Å². The molecular formula is C23H27N3O2. The highest BCUT2D eigenvalue weighted by Gasteiger charge is 2.13. The fourth-order valence-electron chi connectivity index (χ4n) is 3.76. The van der Waals surface area contributed by atoms with Gasteiger partial charge in [0.15, 0.2) is 0 Å². The minimum absolute atomic E-state index is 0.0554. The second-order valence-corrected chi connectivity index (χ2v) is 7.65. The molecule has 1 aromatic carbocycles. The predicted molar refractivity (Wildman–Crippen MR) is 112 cm³/mol. The summed E-state index contributed by atoms with van der Waals surface area (Å²) in [7, 11) is 0. The van der Waals surface area contributed by atoms with Crippen molar-refractivity contribution >= 4 is 11.3 Å². The normalized spacial score (nSPS) is 15.0. The number of aromatic nitrogens is 2. The molecule has 0 radical (unpaired) electrons. The highest BCUT2D eigenvalue weighted by Crippen LogP contribution is 2.22. The Hall–Kier alpha value is -2.66. The number of fused-ring (bicyclic) bond motifs is 1. The van der Waals surface area contributed by atoms with Crippen molar-refractivity contribution < 1.29 is 4.74 Å². The third kappa shape index (κ3) is 4.60.